The largest absolute Gasteiger partial charge is 0.464 e. The molecule has 0 aromatic heterocycles. The minimum atomic E-state index is -0.919. The molecule has 2 unspecified atom stereocenters. The smallest absolute Gasteiger partial charge is 0.407 e. The van der Waals surface area contributed by atoms with Gasteiger partial charge in [-0.25, -0.2) is 19.4 Å². The molecule has 12 nitrogen and oxygen atoms in total. The van der Waals surface area contributed by atoms with Gasteiger partial charge in [0.05, 0.1) is 18.3 Å². The van der Waals surface area contributed by atoms with Crippen LogP contribution in [0.2, 0.25) is 0 Å². The number of nitrogens with zero attached hydrogens (tertiary/aromatic N) is 3. The summed E-state index contributed by atoms with van der Waals surface area (Å²) >= 11 is 2.58. The number of amides is 2. The molecule has 0 fully saturated rings. The molecule has 0 radical (unpaired) electrons. The van der Waals surface area contributed by atoms with Crippen molar-refractivity contribution in [3.8, 4) is 11.1 Å². The predicted octanol–water partition coefficient (Wildman–Crippen LogP) is 5.92. The number of benzene rings is 2. The van der Waals surface area contributed by atoms with Gasteiger partial charge in [0.15, 0.2) is 5.37 Å². The molecule has 2 aliphatic heterocycles. The van der Waals surface area contributed by atoms with Crippen LogP contribution in [0, 0.1) is 11.3 Å². The van der Waals surface area contributed by atoms with Gasteiger partial charge >= 0.3 is 18.0 Å². The van der Waals surface area contributed by atoms with Crippen LogP contribution < -0.4 is 10.7 Å². The monoisotopic (exact) mass is 711 g/mol. The van der Waals surface area contributed by atoms with E-state index in [9.17, 15) is 19.2 Å². The van der Waals surface area contributed by atoms with E-state index in [1.165, 1.54) is 11.8 Å². The lowest BCUT2D eigenvalue weighted by molar-refractivity contribution is -0.151. The fraction of sp³-hybridized carbons (Fsp3) is 0.486. The third kappa shape index (κ3) is 9.15. The first-order valence-corrected chi connectivity index (χ1v) is 18.0. The van der Waals surface area contributed by atoms with E-state index in [1.807, 2.05) is 50.2 Å². The van der Waals surface area contributed by atoms with Crippen LogP contribution in [0.4, 0.5) is 4.79 Å². The Morgan fingerprint density at radius 2 is 1.47 bits per heavy atom. The zero-order valence-corrected chi connectivity index (χ0v) is 30.8. The van der Waals surface area contributed by atoms with Gasteiger partial charge in [-0.1, -0.05) is 107 Å². The van der Waals surface area contributed by atoms with E-state index in [4.69, 9.17) is 14.2 Å². The molecule has 49 heavy (non-hydrogen) atoms. The number of fused-ring (bicyclic) bond motifs is 3. The quantitative estimate of drug-likeness (QED) is 0.237. The summed E-state index contributed by atoms with van der Waals surface area (Å²) in [6, 6.07) is 15.2. The second kappa shape index (κ2) is 16.6. The van der Waals surface area contributed by atoms with Gasteiger partial charge < -0.3 is 19.5 Å². The number of hydrogen-bond donors (Lipinski definition) is 2. The first-order valence-electron chi connectivity index (χ1n) is 16.3. The summed E-state index contributed by atoms with van der Waals surface area (Å²) in [7, 11) is 0. The van der Waals surface area contributed by atoms with Crippen LogP contribution in [-0.2, 0) is 28.6 Å². The minimum Gasteiger partial charge on any atom is -0.464 e. The van der Waals surface area contributed by atoms with Gasteiger partial charge in [-0.15, -0.1) is 0 Å². The summed E-state index contributed by atoms with van der Waals surface area (Å²) in [4.78, 5) is 49.8. The lowest BCUT2D eigenvalue weighted by Crippen LogP contribution is -2.52. The first-order chi connectivity index (χ1) is 23.3. The Morgan fingerprint density at radius 3 is 2.00 bits per heavy atom. The number of thioether (sulfide) groups is 2. The zero-order chi connectivity index (χ0) is 35.9. The third-order valence-electron chi connectivity index (χ3n) is 7.67. The lowest BCUT2D eigenvalue weighted by Gasteiger charge is -2.27. The molecular formula is C35H45N5O7S2. The number of rotatable bonds is 9. The highest BCUT2D eigenvalue weighted by Gasteiger charge is 2.41. The van der Waals surface area contributed by atoms with Gasteiger partial charge in [0, 0.05) is 11.3 Å². The molecule has 14 heteroatoms. The number of carbonyl (C=O) groups excluding carboxylic acids is 4. The van der Waals surface area contributed by atoms with E-state index in [0.29, 0.717) is 11.7 Å². The van der Waals surface area contributed by atoms with Crippen LogP contribution in [0.1, 0.15) is 72.4 Å². The van der Waals surface area contributed by atoms with Crippen molar-refractivity contribution < 1.29 is 33.4 Å². The normalized spacial score (nSPS) is 18.6. The summed E-state index contributed by atoms with van der Waals surface area (Å²) in [5, 5.41) is 12.4. The molecular weight excluding hydrogens is 667 g/mol. The predicted molar refractivity (Wildman–Crippen MR) is 193 cm³/mol. The number of esters is 2. The average Bonchev–Trinajstić information content (AvgIpc) is 3.79. The van der Waals surface area contributed by atoms with E-state index in [-0.39, 0.29) is 41.8 Å². The highest BCUT2D eigenvalue weighted by atomic mass is 32.2. The second-order valence-corrected chi connectivity index (χ2v) is 15.1. The SMILES string of the molecule is CCOC(=O)C1NN=C(C(C)(C)C)S1.CCOC(=O)C1SC(C)=NN1C(=O)[C@@H](NC(=O)OCC1c2ccccc2-c2ccccc21)C(C)C. The highest BCUT2D eigenvalue weighted by Crippen LogP contribution is 2.44. The van der Waals surface area contributed by atoms with Crippen molar-refractivity contribution in [2.24, 2.45) is 21.5 Å². The van der Waals surface area contributed by atoms with Crippen molar-refractivity contribution in [1.82, 2.24) is 15.8 Å². The standard InChI is InChI=1S/C26H29N3O5S.C9H16N2O2S/c1-5-33-25(31)24-29(28-16(4)35-24)23(30)22(15(2)3)27-26(32)34-14-21-19-12-8-6-10-17(19)18-11-7-9-13-20(18)21;1-5-13-7(12)6-10-11-8(14-6)9(2,3)4/h6-13,15,21-22,24H,5,14H2,1-4H3,(H,27,32);6,10H,5H2,1-4H3/t22-,24?;/m0./s1. The van der Waals surface area contributed by atoms with Crippen molar-refractivity contribution in [2.75, 3.05) is 19.8 Å². The van der Waals surface area contributed by atoms with E-state index >= 15 is 0 Å². The molecule has 0 saturated carbocycles. The molecule has 3 aliphatic rings. The number of carbonyl (C=O) groups is 4. The van der Waals surface area contributed by atoms with Crippen LogP contribution >= 0.6 is 23.5 Å². The summed E-state index contributed by atoms with van der Waals surface area (Å²) in [6.07, 6.45) is -0.695. The Hall–Kier alpha value is -4.04. The first kappa shape index (κ1) is 37.8. The number of nitrogens with one attached hydrogen (secondary N) is 2. The minimum absolute atomic E-state index is 0.0150. The number of hydrogen-bond acceptors (Lipinski definition) is 12. The Labute approximate surface area is 296 Å². The van der Waals surface area contributed by atoms with E-state index in [0.717, 1.165) is 44.1 Å². The Balaban J connectivity index is 0.000000324. The van der Waals surface area contributed by atoms with Crippen molar-refractivity contribution in [2.45, 2.75) is 78.1 Å². The van der Waals surface area contributed by atoms with Crippen molar-refractivity contribution in [3.63, 3.8) is 0 Å². The maximum atomic E-state index is 13.3. The molecule has 2 amide bonds. The number of ether oxygens (including phenoxy) is 3. The third-order valence-corrected chi connectivity index (χ3v) is 10.2. The molecule has 0 spiro atoms. The Kier molecular flexibility index (Phi) is 12.8. The Morgan fingerprint density at radius 1 is 0.898 bits per heavy atom. The molecule has 2 heterocycles. The van der Waals surface area contributed by atoms with Gasteiger partial charge in [0.1, 0.15) is 17.7 Å². The van der Waals surface area contributed by atoms with Crippen molar-refractivity contribution >= 4 is 57.6 Å². The number of alkyl carbamates (subject to hydrolysis) is 1. The maximum Gasteiger partial charge on any atom is 0.407 e. The maximum absolute atomic E-state index is 13.3. The van der Waals surface area contributed by atoms with Crippen LogP contribution in [0.5, 0.6) is 0 Å². The molecule has 5 rings (SSSR count). The van der Waals surface area contributed by atoms with Crippen LogP contribution in [0.25, 0.3) is 11.1 Å². The van der Waals surface area contributed by atoms with Gasteiger partial charge in [-0.3, -0.25) is 10.2 Å². The summed E-state index contributed by atoms with van der Waals surface area (Å²) in [5.74, 6) is -1.63. The molecule has 264 valence electrons. The van der Waals surface area contributed by atoms with Gasteiger partial charge in [0.2, 0.25) is 5.37 Å². The molecule has 0 saturated heterocycles. The molecule has 2 N–H and O–H groups in total. The van der Waals surface area contributed by atoms with Crippen molar-refractivity contribution in [1.29, 1.82) is 0 Å². The molecule has 2 aromatic rings. The lowest BCUT2D eigenvalue weighted by atomic mass is 9.98. The van der Waals surface area contributed by atoms with E-state index in [1.54, 1.807) is 20.8 Å². The van der Waals surface area contributed by atoms with Gasteiger partial charge in [0.25, 0.3) is 5.91 Å². The highest BCUT2D eigenvalue weighted by molar-refractivity contribution is 8.15. The van der Waals surface area contributed by atoms with E-state index in [2.05, 4.69) is 53.8 Å². The van der Waals surface area contributed by atoms with Crippen LogP contribution in [0.3, 0.4) is 0 Å². The van der Waals surface area contributed by atoms with Crippen LogP contribution in [0.15, 0.2) is 58.7 Å². The molecule has 1 aliphatic carbocycles. The molecule has 2 aromatic carbocycles. The van der Waals surface area contributed by atoms with Gasteiger partial charge in [-0.05, 0) is 48.9 Å². The summed E-state index contributed by atoms with van der Waals surface area (Å²) in [6.45, 7) is 15.8. The summed E-state index contributed by atoms with van der Waals surface area (Å²) in [5.41, 5.74) is 7.24. The Bertz CT molecular complexity index is 1560. The average molecular weight is 712 g/mol. The fourth-order valence-electron chi connectivity index (χ4n) is 5.33. The second-order valence-electron chi connectivity index (χ2n) is 12.8. The van der Waals surface area contributed by atoms with E-state index < -0.39 is 29.4 Å². The summed E-state index contributed by atoms with van der Waals surface area (Å²) < 4.78 is 15.6. The topological polar surface area (TPSA) is 148 Å². The fourth-order valence-corrected chi connectivity index (χ4v) is 7.16. The van der Waals surface area contributed by atoms with Crippen molar-refractivity contribution in [3.05, 3.63) is 59.7 Å². The van der Waals surface area contributed by atoms with Crippen LogP contribution in [-0.4, -0.2) is 75.6 Å². The van der Waals surface area contributed by atoms with Gasteiger partial charge in [-0.2, -0.15) is 10.2 Å². The molecule has 0 bridgehead atoms. The molecule has 3 atom stereocenters. The zero-order valence-electron chi connectivity index (χ0n) is 29.1. The number of hydrazone groups is 2.